The lowest BCUT2D eigenvalue weighted by Gasteiger charge is -2.05. The molecule has 0 bridgehead atoms. The van der Waals surface area contributed by atoms with E-state index in [4.69, 9.17) is 9.26 Å². The van der Waals surface area contributed by atoms with E-state index in [2.05, 4.69) is 17.4 Å². The van der Waals surface area contributed by atoms with Gasteiger partial charge in [0.2, 0.25) is 5.88 Å². The maximum atomic E-state index is 12.0. The minimum absolute atomic E-state index is 0.109. The topological polar surface area (TPSA) is 108 Å². The number of nitro benzene ring substituents is 1. The van der Waals surface area contributed by atoms with E-state index in [-0.39, 0.29) is 23.9 Å². The van der Waals surface area contributed by atoms with Gasteiger partial charge in [0, 0.05) is 17.7 Å². The molecule has 138 valence electrons. The third-order valence-electron chi connectivity index (χ3n) is 3.83. The van der Waals surface area contributed by atoms with E-state index in [0.29, 0.717) is 5.69 Å². The smallest absolute Gasteiger partial charge is 0.273 e. The van der Waals surface area contributed by atoms with Crippen LogP contribution in [0.4, 0.5) is 11.6 Å². The second kappa shape index (κ2) is 8.13. The molecule has 0 aliphatic rings. The highest BCUT2D eigenvalue weighted by Gasteiger charge is 2.12. The lowest BCUT2D eigenvalue weighted by atomic mass is 10.1. The molecule has 0 aliphatic heterocycles. The molecule has 8 heteroatoms. The Morgan fingerprint density at radius 3 is 2.70 bits per heavy atom. The largest absolute Gasteiger partial charge is 0.484 e. The van der Waals surface area contributed by atoms with Gasteiger partial charge in [-0.1, -0.05) is 42.4 Å². The molecule has 0 radical (unpaired) electrons. The summed E-state index contributed by atoms with van der Waals surface area (Å²) in [5, 5.41) is 17.2. The van der Waals surface area contributed by atoms with Crippen molar-refractivity contribution in [2.45, 2.75) is 13.3 Å². The minimum atomic E-state index is -0.532. The Labute approximate surface area is 154 Å². The zero-order valence-electron chi connectivity index (χ0n) is 14.5. The first-order chi connectivity index (χ1) is 13.0. The number of hydrogen-bond acceptors (Lipinski definition) is 6. The zero-order valence-corrected chi connectivity index (χ0v) is 14.5. The van der Waals surface area contributed by atoms with Crippen LogP contribution in [0.5, 0.6) is 5.75 Å². The Morgan fingerprint density at radius 1 is 1.22 bits per heavy atom. The molecular weight excluding hydrogens is 350 g/mol. The van der Waals surface area contributed by atoms with Crippen molar-refractivity contribution in [3.05, 3.63) is 70.3 Å². The monoisotopic (exact) mass is 367 g/mol. The summed E-state index contributed by atoms with van der Waals surface area (Å²) in [6.45, 7) is 1.76. The fourth-order valence-electron chi connectivity index (χ4n) is 2.39. The van der Waals surface area contributed by atoms with Gasteiger partial charge in [-0.05, 0) is 18.1 Å². The summed E-state index contributed by atoms with van der Waals surface area (Å²) in [5.41, 5.74) is 2.59. The first-order valence-corrected chi connectivity index (χ1v) is 8.28. The van der Waals surface area contributed by atoms with Crippen LogP contribution in [0.3, 0.4) is 0 Å². The van der Waals surface area contributed by atoms with Crippen LogP contribution in [-0.2, 0) is 11.2 Å². The molecule has 0 spiro atoms. The quantitative estimate of drug-likeness (QED) is 0.502. The van der Waals surface area contributed by atoms with Crippen molar-refractivity contribution in [3.63, 3.8) is 0 Å². The number of amides is 1. The van der Waals surface area contributed by atoms with E-state index >= 15 is 0 Å². The molecule has 0 atom stereocenters. The summed E-state index contributed by atoms with van der Waals surface area (Å²) in [5.74, 6) is -0.0450. The number of carbonyl (C=O) groups excluding carboxylic acids is 1. The molecule has 2 aromatic carbocycles. The van der Waals surface area contributed by atoms with Crippen molar-refractivity contribution < 1.29 is 19.0 Å². The third-order valence-corrected chi connectivity index (χ3v) is 3.83. The number of benzene rings is 2. The van der Waals surface area contributed by atoms with Crippen molar-refractivity contribution in [1.29, 1.82) is 0 Å². The standard InChI is InChI=1S/C19H17N3O5/c1-2-13-6-8-14(9-7-13)17-11-19(27-21-17)20-18(23)12-26-16-5-3-4-15(10-16)22(24)25/h3-11H,2,12H2,1H3,(H,20,23). The molecule has 3 rings (SSSR count). The maximum absolute atomic E-state index is 12.0. The van der Waals surface area contributed by atoms with Crippen LogP contribution in [0.25, 0.3) is 11.3 Å². The molecule has 8 nitrogen and oxygen atoms in total. The van der Waals surface area contributed by atoms with Crippen LogP contribution < -0.4 is 10.1 Å². The number of anilines is 1. The van der Waals surface area contributed by atoms with Crippen LogP contribution >= 0.6 is 0 Å². The van der Waals surface area contributed by atoms with Gasteiger partial charge in [-0.2, -0.15) is 0 Å². The third kappa shape index (κ3) is 4.69. The Bertz CT molecular complexity index is 950. The van der Waals surface area contributed by atoms with Crippen molar-refractivity contribution in [1.82, 2.24) is 5.16 Å². The van der Waals surface area contributed by atoms with Gasteiger partial charge >= 0.3 is 0 Å². The van der Waals surface area contributed by atoms with E-state index in [0.717, 1.165) is 12.0 Å². The van der Waals surface area contributed by atoms with Gasteiger partial charge < -0.3 is 9.26 Å². The molecule has 3 aromatic rings. The highest BCUT2D eigenvalue weighted by atomic mass is 16.6. The average Bonchev–Trinajstić information content (AvgIpc) is 3.15. The SMILES string of the molecule is CCc1ccc(-c2cc(NC(=O)COc3cccc([N+](=O)[O-])c3)on2)cc1. The van der Waals surface area contributed by atoms with Gasteiger partial charge in [-0.15, -0.1) is 0 Å². The highest BCUT2D eigenvalue weighted by Crippen LogP contribution is 2.22. The molecule has 27 heavy (non-hydrogen) atoms. The predicted molar refractivity (Wildman–Crippen MR) is 98.5 cm³/mol. The van der Waals surface area contributed by atoms with Gasteiger partial charge in [-0.25, -0.2) is 0 Å². The predicted octanol–water partition coefficient (Wildman–Crippen LogP) is 3.83. The second-order valence-corrected chi connectivity index (χ2v) is 5.72. The number of non-ortho nitro benzene ring substituents is 1. The zero-order chi connectivity index (χ0) is 19.2. The van der Waals surface area contributed by atoms with Crippen molar-refractivity contribution >= 4 is 17.5 Å². The van der Waals surface area contributed by atoms with E-state index in [1.54, 1.807) is 6.07 Å². The highest BCUT2D eigenvalue weighted by molar-refractivity contribution is 5.91. The lowest BCUT2D eigenvalue weighted by Crippen LogP contribution is -2.19. The fraction of sp³-hybridized carbons (Fsp3) is 0.158. The van der Waals surface area contributed by atoms with Crippen LogP contribution in [0.1, 0.15) is 12.5 Å². The van der Waals surface area contributed by atoms with Crippen LogP contribution in [0, 0.1) is 10.1 Å². The summed E-state index contributed by atoms with van der Waals surface area (Å²) in [6.07, 6.45) is 0.949. The second-order valence-electron chi connectivity index (χ2n) is 5.72. The van der Waals surface area contributed by atoms with Crippen molar-refractivity contribution in [3.8, 4) is 17.0 Å². The first-order valence-electron chi connectivity index (χ1n) is 8.28. The van der Waals surface area contributed by atoms with Gasteiger partial charge in [0.25, 0.3) is 11.6 Å². The van der Waals surface area contributed by atoms with Gasteiger partial charge in [-0.3, -0.25) is 20.2 Å². The number of aryl methyl sites for hydroxylation is 1. The molecule has 0 saturated heterocycles. The molecule has 1 N–H and O–H groups in total. The first kappa shape index (κ1) is 18.1. The number of aromatic nitrogens is 1. The van der Waals surface area contributed by atoms with Crippen molar-refractivity contribution in [2.75, 3.05) is 11.9 Å². The Kier molecular flexibility index (Phi) is 5.46. The molecule has 0 fully saturated rings. The van der Waals surface area contributed by atoms with Gasteiger partial charge in [0.05, 0.1) is 11.0 Å². The number of nitrogens with zero attached hydrogens (tertiary/aromatic N) is 2. The van der Waals surface area contributed by atoms with Crippen LogP contribution in [-0.4, -0.2) is 22.6 Å². The molecule has 1 amide bonds. The van der Waals surface area contributed by atoms with Crippen LogP contribution in [0.15, 0.2) is 59.1 Å². The summed E-state index contributed by atoms with van der Waals surface area (Å²) in [4.78, 5) is 22.2. The number of ether oxygens (including phenoxy) is 1. The number of hydrogen-bond donors (Lipinski definition) is 1. The number of nitrogens with one attached hydrogen (secondary N) is 1. The van der Waals surface area contributed by atoms with E-state index in [1.807, 2.05) is 24.3 Å². The molecule has 0 saturated carbocycles. The molecule has 1 heterocycles. The minimum Gasteiger partial charge on any atom is -0.484 e. The van der Waals surface area contributed by atoms with Gasteiger partial charge in [0.15, 0.2) is 6.61 Å². The number of rotatable bonds is 7. The Hall–Kier alpha value is -3.68. The summed E-state index contributed by atoms with van der Waals surface area (Å²) in [7, 11) is 0. The van der Waals surface area contributed by atoms with E-state index in [9.17, 15) is 14.9 Å². The summed E-state index contributed by atoms with van der Waals surface area (Å²) >= 11 is 0. The molecular formula is C19H17N3O5. The van der Waals surface area contributed by atoms with Gasteiger partial charge in [0.1, 0.15) is 11.4 Å². The van der Waals surface area contributed by atoms with E-state index in [1.165, 1.54) is 29.8 Å². The number of carbonyl (C=O) groups is 1. The Balaban J connectivity index is 1.57. The van der Waals surface area contributed by atoms with Crippen LogP contribution in [0.2, 0.25) is 0 Å². The average molecular weight is 367 g/mol. The Morgan fingerprint density at radius 2 is 2.00 bits per heavy atom. The summed E-state index contributed by atoms with van der Waals surface area (Å²) in [6, 6.07) is 15.1. The fourth-order valence-corrected chi connectivity index (χ4v) is 2.39. The van der Waals surface area contributed by atoms with Crippen molar-refractivity contribution in [2.24, 2.45) is 0 Å². The molecule has 0 aliphatic carbocycles. The maximum Gasteiger partial charge on any atom is 0.273 e. The normalized spacial score (nSPS) is 10.4. The number of nitro groups is 1. The van der Waals surface area contributed by atoms with E-state index < -0.39 is 10.8 Å². The molecule has 1 aromatic heterocycles. The summed E-state index contributed by atoms with van der Waals surface area (Å²) < 4.78 is 10.4. The molecule has 0 unspecified atom stereocenters. The lowest BCUT2D eigenvalue weighted by molar-refractivity contribution is -0.384.